The third-order valence-electron chi connectivity index (χ3n) is 4.08. The average molecular weight is 389 g/mol. The van der Waals surface area contributed by atoms with Crippen molar-refractivity contribution in [3.05, 3.63) is 71.6 Å². The van der Waals surface area contributed by atoms with E-state index in [0.29, 0.717) is 37.3 Å². The maximum atomic E-state index is 12.6. The van der Waals surface area contributed by atoms with Crippen LogP contribution in [-0.2, 0) is 23.8 Å². The Kier molecular flexibility index (Phi) is 6.08. The molecule has 0 aliphatic rings. The molecule has 0 aliphatic carbocycles. The Morgan fingerprint density at radius 2 is 1.71 bits per heavy atom. The predicted molar refractivity (Wildman–Crippen MR) is 96.2 cm³/mol. The zero-order valence-electron chi connectivity index (χ0n) is 14.9. The number of rotatable bonds is 7. The SMILES string of the molecule is O=C(CCc1ccccc1)NCCc1nc(-c2ccc(C(F)(F)F)cc2)no1. The molecular weight excluding hydrogens is 371 g/mol. The molecule has 0 bridgehead atoms. The van der Waals surface area contributed by atoms with Crippen LogP contribution >= 0.6 is 0 Å². The van der Waals surface area contributed by atoms with Crippen molar-refractivity contribution in [2.24, 2.45) is 0 Å². The van der Waals surface area contributed by atoms with Crippen molar-refractivity contribution in [2.45, 2.75) is 25.4 Å². The quantitative estimate of drug-likeness (QED) is 0.662. The molecular formula is C20H18F3N3O2. The molecule has 5 nitrogen and oxygen atoms in total. The molecule has 2 aromatic carbocycles. The van der Waals surface area contributed by atoms with E-state index in [1.165, 1.54) is 12.1 Å². The standard InChI is InChI=1S/C20H18F3N3O2/c21-20(22,23)16-9-7-15(8-10-16)19-25-18(28-26-19)12-13-24-17(27)11-6-14-4-2-1-3-5-14/h1-5,7-10H,6,11-13H2,(H,24,27). The number of nitrogens with one attached hydrogen (secondary N) is 1. The minimum Gasteiger partial charge on any atom is -0.356 e. The van der Waals surface area contributed by atoms with Gasteiger partial charge in [0.2, 0.25) is 17.6 Å². The summed E-state index contributed by atoms with van der Waals surface area (Å²) in [5, 5.41) is 6.55. The molecule has 0 saturated carbocycles. The van der Waals surface area contributed by atoms with Gasteiger partial charge in [0.15, 0.2) is 0 Å². The number of aryl methyl sites for hydroxylation is 1. The van der Waals surface area contributed by atoms with Crippen molar-refractivity contribution in [3.8, 4) is 11.4 Å². The Morgan fingerprint density at radius 3 is 2.39 bits per heavy atom. The lowest BCUT2D eigenvalue weighted by Crippen LogP contribution is -2.25. The van der Waals surface area contributed by atoms with E-state index in [4.69, 9.17) is 4.52 Å². The van der Waals surface area contributed by atoms with Gasteiger partial charge in [0.25, 0.3) is 0 Å². The Morgan fingerprint density at radius 1 is 1.00 bits per heavy atom. The number of carbonyl (C=O) groups is 1. The fourth-order valence-corrected chi connectivity index (χ4v) is 2.58. The van der Waals surface area contributed by atoms with E-state index in [0.717, 1.165) is 17.7 Å². The molecule has 28 heavy (non-hydrogen) atoms. The van der Waals surface area contributed by atoms with E-state index in [1.807, 2.05) is 30.3 Å². The summed E-state index contributed by atoms with van der Waals surface area (Å²) in [6.07, 6.45) is -3.01. The maximum absolute atomic E-state index is 12.6. The van der Waals surface area contributed by atoms with Gasteiger partial charge in [-0.05, 0) is 24.1 Å². The number of alkyl halides is 3. The molecule has 146 valence electrons. The van der Waals surface area contributed by atoms with Crippen LogP contribution in [0.3, 0.4) is 0 Å². The van der Waals surface area contributed by atoms with E-state index < -0.39 is 11.7 Å². The second-order valence-electron chi connectivity index (χ2n) is 6.17. The van der Waals surface area contributed by atoms with Crippen LogP contribution < -0.4 is 5.32 Å². The van der Waals surface area contributed by atoms with Gasteiger partial charge >= 0.3 is 6.18 Å². The van der Waals surface area contributed by atoms with E-state index in [9.17, 15) is 18.0 Å². The first kappa shape index (κ1) is 19.6. The Hall–Kier alpha value is -3.16. The van der Waals surface area contributed by atoms with Crippen molar-refractivity contribution in [2.75, 3.05) is 6.54 Å². The van der Waals surface area contributed by atoms with Gasteiger partial charge in [0, 0.05) is 24.9 Å². The molecule has 0 spiro atoms. The van der Waals surface area contributed by atoms with Gasteiger partial charge in [0.1, 0.15) is 0 Å². The molecule has 3 aromatic rings. The Labute approximate surface area is 159 Å². The summed E-state index contributed by atoms with van der Waals surface area (Å²) in [5.74, 6) is 0.434. The van der Waals surface area contributed by atoms with Gasteiger partial charge in [-0.25, -0.2) is 0 Å². The lowest BCUT2D eigenvalue weighted by Gasteiger charge is -2.05. The van der Waals surface area contributed by atoms with Gasteiger partial charge < -0.3 is 9.84 Å². The van der Waals surface area contributed by atoms with E-state index in [2.05, 4.69) is 15.5 Å². The van der Waals surface area contributed by atoms with Crippen molar-refractivity contribution in [1.82, 2.24) is 15.5 Å². The number of hydrogen-bond acceptors (Lipinski definition) is 4. The first-order chi connectivity index (χ1) is 13.4. The molecule has 1 heterocycles. The molecule has 0 radical (unpaired) electrons. The van der Waals surface area contributed by atoms with Crippen LogP contribution in [0.15, 0.2) is 59.1 Å². The van der Waals surface area contributed by atoms with Crippen LogP contribution in [0.25, 0.3) is 11.4 Å². The maximum Gasteiger partial charge on any atom is 0.416 e. The lowest BCUT2D eigenvalue weighted by molar-refractivity contribution is -0.137. The lowest BCUT2D eigenvalue weighted by atomic mass is 10.1. The molecule has 1 amide bonds. The summed E-state index contributed by atoms with van der Waals surface area (Å²) in [6, 6.07) is 14.2. The second-order valence-corrected chi connectivity index (χ2v) is 6.17. The topological polar surface area (TPSA) is 68.0 Å². The number of carbonyl (C=O) groups excluding carboxylic acids is 1. The van der Waals surface area contributed by atoms with Crippen molar-refractivity contribution >= 4 is 5.91 Å². The summed E-state index contributed by atoms with van der Waals surface area (Å²) in [5.41, 5.74) is 0.781. The number of nitrogens with zero attached hydrogens (tertiary/aromatic N) is 2. The molecule has 0 unspecified atom stereocenters. The molecule has 1 N–H and O–H groups in total. The van der Waals surface area contributed by atoms with Crippen LogP contribution in [0.4, 0.5) is 13.2 Å². The molecule has 1 aromatic heterocycles. The summed E-state index contributed by atoms with van der Waals surface area (Å²) in [7, 11) is 0. The summed E-state index contributed by atoms with van der Waals surface area (Å²) in [6.45, 7) is 0.336. The van der Waals surface area contributed by atoms with Gasteiger partial charge in [-0.2, -0.15) is 18.2 Å². The zero-order valence-corrected chi connectivity index (χ0v) is 14.9. The van der Waals surface area contributed by atoms with Crippen LogP contribution in [0.1, 0.15) is 23.4 Å². The van der Waals surface area contributed by atoms with Gasteiger partial charge in [0.05, 0.1) is 5.56 Å². The highest BCUT2D eigenvalue weighted by molar-refractivity contribution is 5.76. The molecule has 3 rings (SSSR count). The highest BCUT2D eigenvalue weighted by Crippen LogP contribution is 2.30. The highest BCUT2D eigenvalue weighted by Gasteiger charge is 2.30. The van der Waals surface area contributed by atoms with Crippen molar-refractivity contribution in [1.29, 1.82) is 0 Å². The Balaban J connectivity index is 1.46. The predicted octanol–water partition coefficient (Wildman–Crippen LogP) is 4.05. The third kappa shape index (κ3) is 5.42. The minimum atomic E-state index is -4.39. The largest absolute Gasteiger partial charge is 0.416 e. The van der Waals surface area contributed by atoms with Gasteiger partial charge in [-0.1, -0.05) is 47.6 Å². The molecule has 0 aliphatic heterocycles. The summed E-state index contributed by atoms with van der Waals surface area (Å²) >= 11 is 0. The second kappa shape index (κ2) is 8.69. The Bertz CT molecular complexity index is 906. The van der Waals surface area contributed by atoms with Gasteiger partial charge in [-0.15, -0.1) is 0 Å². The monoisotopic (exact) mass is 389 g/mol. The molecule has 0 atom stereocenters. The van der Waals surface area contributed by atoms with Crippen LogP contribution in [0.2, 0.25) is 0 Å². The fourth-order valence-electron chi connectivity index (χ4n) is 2.58. The summed E-state index contributed by atoms with van der Waals surface area (Å²) < 4.78 is 42.9. The van der Waals surface area contributed by atoms with Crippen molar-refractivity contribution in [3.63, 3.8) is 0 Å². The van der Waals surface area contributed by atoms with Gasteiger partial charge in [-0.3, -0.25) is 4.79 Å². The molecule has 0 fully saturated rings. The van der Waals surface area contributed by atoms with Crippen LogP contribution in [0, 0.1) is 0 Å². The van der Waals surface area contributed by atoms with E-state index in [-0.39, 0.29) is 11.7 Å². The smallest absolute Gasteiger partial charge is 0.356 e. The number of halogens is 3. The van der Waals surface area contributed by atoms with E-state index in [1.54, 1.807) is 0 Å². The van der Waals surface area contributed by atoms with Crippen LogP contribution in [0.5, 0.6) is 0 Å². The number of amides is 1. The molecule has 8 heteroatoms. The third-order valence-corrected chi connectivity index (χ3v) is 4.08. The number of hydrogen-bond donors (Lipinski definition) is 1. The number of aromatic nitrogens is 2. The fraction of sp³-hybridized carbons (Fsp3) is 0.250. The van der Waals surface area contributed by atoms with Crippen molar-refractivity contribution < 1.29 is 22.5 Å². The average Bonchev–Trinajstić information content (AvgIpc) is 3.15. The first-order valence-electron chi connectivity index (χ1n) is 8.72. The zero-order chi connectivity index (χ0) is 20.0. The highest BCUT2D eigenvalue weighted by atomic mass is 19.4. The van der Waals surface area contributed by atoms with Crippen LogP contribution in [-0.4, -0.2) is 22.6 Å². The molecule has 0 saturated heterocycles. The van der Waals surface area contributed by atoms with E-state index >= 15 is 0 Å². The number of benzene rings is 2. The normalized spacial score (nSPS) is 11.4. The minimum absolute atomic E-state index is 0.0775. The summed E-state index contributed by atoms with van der Waals surface area (Å²) in [4.78, 5) is 16.0. The first-order valence-corrected chi connectivity index (χ1v) is 8.72.